The Bertz CT molecular complexity index is 661. The summed E-state index contributed by atoms with van der Waals surface area (Å²) in [4.78, 5) is 20.3. The van der Waals surface area contributed by atoms with Crippen molar-refractivity contribution in [3.63, 3.8) is 0 Å². The van der Waals surface area contributed by atoms with Gasteiger partial charge in [0.25, 0.3) is 0 Å². The van der Waals surface area contributed by atoms with E-state index in [2.05, 4.69) is 19.9 Å². The van der Waals surface area contributed by atoms with Crippen LogP contribution in [0, 0.1) is 0 Å². The summed E-state index contributed by atoms with van der Waals surface area (Å²) < 4.78 is 4.87. The molecule has 1 saturated heterocycles. The van der Waals surface area contributed by atoms with E-state index in [0.29, 0.717) is 11.4 Å². The number of anilines is 2. The molecule has 2 N–H and O–H groups in total. The molecule has 0 atom stereocenters. The Morgan fingerprint density at radius 2 is 1.81 bits per heavy atom. The molecule has 1 aliphatic rings. The van der Waals surface area contributed by atoms with Gasteiger partial charge in [0.15, 0.2) is 5.78 Å². The zero-order valence-corrected chi connectivity index (χ0v) is 17.2. The Balaban J connectivity index is 0.000000855. The topological polar surface area (TPSA) is 88.5 Å². The minimum Gasteiger partial charge on any atom is -0.368 e. The smallest absolute Gasteiger partial charge is 0.222 e. The molecular weight excluding hydrogens is 342 g/mol. The summed E-state index contributed by atoms with van der Waals surface area (Å²) in [7, 11) is 0. The van der Waals surface area contributed by atoms with Gasteiger partial charge >= 0.3 is 0 Å². The van der Waals surface area contributed by atoms with Crippen molar-refractivity contribution in [2.45, 2.75) is 41.0 Å². The lowest BCUT2D eigenvalue weighted by molar-refractivity contribution is 0.101. The summed E-state index contributed by atoms with van der Waals surface area (Å²) in [6, 6.07) is 5.54. The summed E-state index contributed by atoms with van der Waals surface area (Å²) in [5.74, 6) is 1.34. The molecule has 150 valence electrons. The number of Topliss-reactive ketones (excluding diaryl/α,β-unsaturated/α-hetero) is 1. The van der Waals surface area contributed by atoms with Crippen LogP contribution >= 0.6 is 0 Å². The van der Waals surface area contributed by atoms with E-state index < -0.39 is 0 Å². The Kier molecular flexibility index (Phi) is 10.1. The van der Waals surface area contributed by atoms with Crippen LogP contribution in [-0.4, -0.2) is 53.5 Å². The number of pyridine rings is 1. The minimum atomic E-state index is 0.0439. The van der Waals surface area contributed by atoms with Crippen molar-refractivity contribution in [2.24, 2.45) is 0 Å². The van der Waals surface area contributed by atoms with Crippen molar-refractivity contribution < 1.29 is 9.32 Å². The first-order valence-corrected chi connectivity index (χ1v) is 9.77. The maximum absolute atomic E-state index is 11.3. The zero-order chi connectivity index (χ0) is 20.2. The van der Waals surface area contributed by atoms with E-state index in [1.54, 1.807) is 19.2 Å². The molecule has 27 heavy (non-hydrogen) atoms. The first kappa shape index (κ1) is 22.6. The maximum Gasteiger partial charge on any atom is 0.222 e. The molecule has 1 fully saturated rings. The third-order valence-electron chi connectivity index (χ3n) is 4.11. The summed E-state index contributed by atoms with van der Waals surface area (Å²) in [6.45, 7) is 14.3. The molecule has 0 amide bonds. The molecule has 3 heterocycles. The van der Waals surface area contributed by atoms with Crippen LogP contribution in [0.1, 0.15) is 50.7 Å². The Hall–Kier alpha value is -2.41. The van der Waals surface area contributed by atoms with E-state index in [0.717, 1.165) is 50.7 Å². The third kappa shape index (κ3) is 7.02. The third-order valence-corrected chi connectivity index (χ3v) is 4.11. The average Bonchev–Trinajstić information content (AvgIpc) is 3.15. The monoisotopic (exact) mass is 375 g/mol. The highest BCUT2D eigenvalue weighted by Gasteiger charge is 2.18. The second-order valence-electron chi connectivity index (χ2n) is 5.76. The van der Waals surface area contributed by atoms with Gasteiger partial charge in [0.1, 0.15) is 5.82 Å². The minimum absolute atomic E-state index is 0.0439. The summed E-state index contributed by atoms with van der Waals surface area (Å²) in [5.41, 5.74) is 7.07. The summed E-state index contributed by atoms with van der Waals surface area (Å²) >= 11 is 0. The number of piperazine rings is 1. The van der Waals surface area contributed by atoms with Gasteiger partial charge in [0.05, 0.1) is 5.69 Å². The molecule has 0 saturated carbocycles. The van der Waals surface area contributed by atoms with Gasteiger partial charge in [-0.1, -0.05) is 32.9 Å². The number of aromatic nitrogens is 2. The van der Waals surface area contributed by atoms with Crippen LogP contribution in [0.5, 0.6) is 0 Å². The molecule has 3 rings (SSSR count). The SMILES string of the molecule is CC.CC.CC(=O)c1ccc(N2CCN(CCc3cc(N)on3)CC2)nc1. The van der Waals surface area contributed by atoms with Crippen LogP contribution in [0.15, 0.2) is 28.9 Å². The molecule has 0 unspecified atom stereocenters. The van der Waals surface area contributed by atoms with Gasteiger partial charge in [-0.3, -0.25) is 9.69 Å². The molecule has 7 heteroatoms. The number of hydrogen-bond acceptors (Lipinski definition) is 7. The van der Waals surface area contributed by atoms with Crippen molar-refractivity contribution in [3.8, 4) is 0 Å². The van der Waals surface area contributed by atoms with Gasteiger partial charge in [-0.05, 0) is 19.1 Å². The number of hydrogen-bond donors (Lipinski definition) is 1. The Morgan fingerprint density at radius 3 is 2.30 bits per heavy atom. The predicted molar refractivity (Wildman–Crippen MR) is 110 cm³/mol. The molecule has 1 aliphatic heterocycles. The summed E-state index contributed by atoms with van der Waals surface area (Å²) in [5, 5.41) is 3.91. The maximum atomic E-state index is 11.3. The van der Waals surface area contributed by atoms with Crippen LogP contribution in [-0.2, 0) is 6.42 Å². The van der Waals surface area contributed by atoms with E-state index in [9.17, 15) is 4.79 Å². The lowest BCUT2D eigenvalue weighted by Gasteiger charge is -2.35. The fourth-order valence-corrected chi connectivity index (χ4v) is 2.70. The molecule has 0 bridgehead atoms. The summed E-state index contributed by atoms with van der Waals surface area (Å²) in [6.07, 6.45) is 2.49. The lowest BCUT2D eigenvalue weighted by Crippen LogP contribution is -2.47. The van der Waals surface area contributed by atoms with Gasteiger partial charge in [0.2, 0.25) is 5.88 Å². The van der Waals surface area contributed by atoms with Crippen molar-refractivity contribution in [1.82, 2.24) is 15.0 Å². The van der Waals surface area contributed by atoms with Gasteiger partial charge in [-0.2, -0.15) is 0 Å². The Labute approximate surface area is 162 Å². The number of rotatable bonds is 5. The molecule has 0 aliphatic carbocycles. The van der Waals surface area contributed by atoms with E-state index in [1.165, 1.54) is 0 Å². The normalized spacial score (nSPS) is 13.9. The van der Waals surface area contributed by atoms with Crippen molar-refractivity contribution in [2.75, 3.05) is 43.4 Å². The second kappa shape index (κ2) is 12.1. The van der Waals surface area contributed by atoms with Crippen molar-refractivity contribution >= 4 is 17.5 Å². The number of ketones is 1. The van der Waals surface area contributed by atoms with E-state index >= 15 is 0 Å². The van der Waals surface area contributed by atoms with Crippen molar-refractivity contribution in [3.05, 3.63) is 35.7 Å². The highest BCUT2D eigenvalue weighted by Crippen LogP contribution is 2.15. The molecular formula is C20H33N5O2. The number of carbonyl (C=O) groups excluding carboxylic acids is 1. The second-order valence-corrected chi connectivity index (χ2v) is 5.76. The highest BCUT2D eigenvalue weighted by molar-refractivity contribution is 5.93. The van der Waals surface area contributed by atoms with Crippen molar-refractivity contribution in [1.29, 1.82) is 0 Å². The fourth-order valence-electron chi connectivity index (χ4n) is 2.70. The fraction of sp³-hybridized carbons (Fsp3) is 0.550. The van der Waals surface area contributed by atoms with Gasteiger partial charge in [-0.15, -0.1) is 0 Å². The first-order chi connectivity index (χ1) is 13.1. The van der Waals surface area contributed by atoms with Gasteiger partial charge in [0, 0.05) is 57.0 Å². The first-order valence-electron chi connectivity index (χ1n) is 9.77. The highest BCUT2D eigenvalue weighted by atomic mass is 16.5. The quantitative estimate of drug-likeness (QED) is 0.802. The van der Waals surface area contributed by atoms with E-state index in [-0.39, 0.29) is 5.78 Å². The standard InChI is InChI=1S/C16H21N5O2.2C2H6/c1-12(22)13-2-3-16(18-11-13)21-8-6-20(7-9-21)5-4-14-10-15(17)23-19-14;2*1-2/h2-3,10-11H,4-9,17H2,1H3;2*1-2H3. The molecule has 7 nitrogen and oxygen atoms in total. The van der Waals surface area contributed by atoms with Gasteiger partial charge < -0.3 is 15.2 Å². The van der Waals surface area contributed by atoms with Crippen LogP contribution in [0.4, 0.5) is 11.7 Å². The molecule has 2 aromatic rings. The zero-order valence-electron chi connectivity index (χ0n) is 17.2. The Morgan fingerprint density at radius 1 is 1.15 bits per heavy atom. The van der Waals surface area contributed by atoms with E-state index in [4.69, 9.17) is 10.3 Å². The van der Waals surface area contributed by atoms with Crippen LogP contribution in [0.25, 0.3) is 0 Å². The van der Waals surface area contributed by atoms with Crippen LogP contribution in [0.3, 0.4) is 0 Å². The molecule has 0 radical (unpaired) electrons. The number of carbonyl (C=O) groups is 1. The lowest BCUT2D eigenvalue weighted by atomic mass is 10.2. The molecule has 2 aromatic heterocycles. The molecule has 0 aromatic carbocycles. The largest absolute Gasteiger partial charge is 0.368 e. The molecule has 0 spiro atoms. The van der Waals surface area contributed by atoms with Gasteiger partial charge in [-0.25, -0.2) is 4.98 Å². The average molecular weight is 376 g/mol. The van der Waals surface area contributed by atoms with Crippen LogP contribution < -0.4 is 10.6 Å². The van der Waals surface area contributed by atoms with E-state index in [1.807, 2.05) is 39.8 Å². The number of nitrogens with zero attached hydrogens (tertiary/aromatic N) is 4. The number of nitrogens with two attached hydrogens (primary N) is 1. The van der Waals surface area contributed by atoms with Crippen LogP contribution in [0.2, 0.25) is 0 Å². The number of nitrogen functional groups attached to an aromatic ring is 1. The predicted octanol–water partition coefficient (Wildman–Crippen LogP) is 3.27.